The van der Waals surface area contributed by atoms with Crippen molar-refractivity contribution in [3.8, 4) is 0 Å². The minimum Gasteiger partial charge on any atom is -0.396 e. The molecule has 0 aliphatic carbocycles. The molecule has 2 N–H and O–H groups in total. The SMILES string of the molecule is CCC(C)(CO)CNc1cc([N+](=O)[O-])c(C)cc1Br. The summed E-state index contributed by atoms with van der Waals surface area (Å²) in [5, 5.41) is 23.4. The Hall–Kier alpha value is -1.14. The van der Waals surface area contributed by atoms with Crippen LogP contribution in [0, 0.1) is 22.5 Å². The topological polar surface area (TPSA) is 75.4 Å². The molecule has 19 heavy (non-hydrogen) atoms. The lowest BCUT2D eigenvalue weighted by atomic mass is 9.88. The van der Waals surface area contributed by atoms with E-state index in [0.717, 1.165) is 10.9 Å². The van der Waals surface area contributed by atoms with Crippen molar-refractivity contribution < 1.29 is 10.0 Å². The van der Waals surface area contributed by atoms with E-state index in [-0.39, 0.29) is 17.7 Å². The minimum absolute atomic E-state index is 0.0715. The summed E-state index contributed by atoms with van der Waals surface area (Å²) in [4.78, 5) is 10.5. The Morgan fingerprint density at radius 1 is 1.53 bits per heavy atom. The van der Waals surface area contributed by atoms with Crippen LogP contribution in [0.3, 0.4) is 0 Å². The summed E-state index contributed by atoms with van der Waals surface area (Å²) < 4.78 is 0.784. The summed E-state index contributed by atoms with van der Waals surface area (Å²) in [6.45, 7) is 6.30. The molecular formula is C13H19BrN2O3. The van der Waals surface area contributed by atoms with Crippen LogP contribution < -0.4 is 5.32 Å². The molecule has 1 rings (SSSR count). The Labute approximate surface area is 121 Å². The van der Waals surface area contributed by atoms with Crippen molar-refractivity contribution in [3.05, 3.63) is 32.3 Å². The smallest absolute Gasteiger partial charge is 0.274 e. The second-order valence-corrected chi connectivity index (χ2v) is 5.91. The predicted octanol–water partition coefficient (Wildman–Crippen LogP) is 3.49. The van der Waals surface area contributed by atoms with E-state index in [9.17, 15) is 15.2 Å². The Bertz CT molecular complexity index is 473. The van der Waals surface area contributed by atoms with Gasteiger partial charge in [-0.1, -0.05) is 13.8 Å². The van der Waals surface area contributed by atoms with E-state index < -0.39 is 4.92 Å². The van der Waals surface area contributed by atoms with Crippen LogP contribution in [-0.4, -0.2) is 23.2 Å². The zero-order valence-electron chi connectivity index (χ0n) is 11.4. The molecule has 0 aliphatic heterocycles. The van der Waals surface area contributed by atoms with E-state index in [1.54, 1.807) is 13.0 Å². The van der Waals surface area contributed by atoms with Gasteiger partial charge in [-0.05, 0) is 35.3 Å². The molecule has 0 heterocycles. The first-order chi connectivity index (χ1) is 8.83. The van der Waals surface area contributed by atoms with Crippen LogP contribution in [0.25, 0.3) is 0 Å². The first-order valence-corrected chi connectivity index (χ1v) is 6.91. The van der Waals surface area contributed by atoms with Gasteiger partial charge in [-0.2, -0.15) is 0 Å². The van der Waals surface area contributed by atoms with Crippen LogP contribution in [-0.2, 0) is 0 Å². The lowest BCUT2D eigenvalue weighted by molar-refractivity contribution is -0.385. The van der Waals surface area contributed by atoms with Gasteiger partial charge in [0.2, 0.25) is 0 Å². The quantitative estimate of drug-likeness (QED) is 0.618. The number of nitrogens with one attached hydrogen (secondary N) is 1. The maximum atomic E-state index is 10.9. The lowest BCUT2D eigenvalue weighted by Crippen LogP contribution is -2.29. The molecule has 106 valence electrons. The number of nitro groups is 1. The molecule has 0 amide bonds. The second-order valence-electron chi connectivity index (χ2n) is 5.05. The number of hydrogen-bond donors (Lipinski definition) is 2. The number of nitro benzene ring substituents is 1. The molecule has 0 bridgehead atoms. The first-order valence-electron chi connectivity index (χ1n) is 6.12. The van der Waals surface area contributed by atoms with Crippen LogP contribution in [0.15, 0.2) is 16.6 Å². The number of aliphatic hydroxyl groups excluding tert-OH is 1. The Morgan fingerprint density at radius 2 is 2.16 bits per heavy atom. The van der Waals surface area contributed by atoms with E-state index in [2.05, 4.69) is 21.2 Å². The molecule has 1 aromatic rings. The van der Waals surface area contributed by atoms with Gasteiger partial charge in [0.05, 0.1) is 17.2 Å². The van der Waals surface area contributed by atoms with Crippen molar-refractivity contribution in [3.63, 3.8) is 0 Å². The van der Waals surface area contributed by atoms with Gasteiger partial charge in [-0.3, -0.25) is 10.1 Å². The van der Waals surface area contributed by atoms with Gasteiger partial charge in [0.1, 0.15) is 0 Å². The molecule has 0 spiro atoms. The molecule has 5 nitrogen and oxygen atoms in total. The van der Waals surface area contributed by atoms with Crippen molar-refractivity contribution in [2.45, 2.75) is 27.2 Å². The van der Waals surface area contributed by atoms with Crippen molar-refractivity contribution in [1.82, 2.24) is 0 Å². The van der Waals surface area contributed by atoms with E-state index in [1.165, 1.54) is 6.07 Å². The zero-order chi connectivity index (χ0) is 14.6. The summed E-state index contributed by atoms with van der Waals surface area (Å²) >= 11 is 3.39. The third-order valence-electron chi connectivity index (χ3n) is 3.42. The maximum absolute atomic E-state index is 10.9. The number of benzene rings is 1. The predicted molar refractivity (Wildman–Crippen MR) is 79.5 cm³/mol. The molecule has 0 radical (unpaired) electrons. The number of aliphatic hydroxyl groups is 1. The molecule has 0 saturated carbocycles. The Morgan fingerprint density at radius 3 is 2.63 bits per heavy atom. The molecule has 1 aromatic carbocycles. The highest BCUT2D eigenvalue weighted by molar-refractivity contribution is 9.10. The van der Waals surface area contributed by atoms with Crippen molar-refractivity contribution in [2.75, 3.05) is 18.5 Å². The summed E-state index contributed by atoms with van der Waals surface area (Å²) in [5.41, 5.74) is 1.14. The van der Waals surface area contributed by atoms with Gasteiger partial charge in [0, 0.05) is 28.1 Å². The average Bonchev–Trinajstić information content (AvgIpc) is 2.37. The van der Waals surface area contributed by atoms with Crippen molar-refractivity contribution in [1.29, 1.82) is 0 Å². The normalized spacial score (nSPS) is 13.9. The highest BCUT2D eigenvalue weighted by Gasteiger charge is 2.22. The molecule has 1 unspecified atom stereocenters. The Kier molecular flexibility index (Phi) is 5.31. The van der Waals surface area contributed by atoms with Gasteiger partial charge >= 0.3 is 0 Å². The molecule has 0 aliphatic rings. The van der Waals surface area contributed by atoms with Crippen LogP contribution >= 0.6 is 15.9 Å². The molecule has 0 aromatic heterocycles. The second kappa shape index (κ2) is 6.34. The monoisotopic (exact) mass is 330 g/mol. The van der Waals surface area contributed by atoms with Gasteiger partial charge < -0.3 is 10.4 Å². The van der Waals surface area contributed by atoms with Crippen molar-refractivity contribution >= 4 is 27.3 Å². The fraction of sp³-hybridized carbons (Fsp3) is 0.538. The zero-order valence-corrected chi connectivity index (χ0v) is 13.0. The van der Waals surface area contributed by atoms with Crippen LogP contribution in [0.4, 0.5) is 11.4 Å². The van der Waals surface area contributed by atoms with Crippen LogP contribution in [0.5, 0.6) is 0 Å². The van der Waals surface area contributed by atoms with Gasteiger partial charge in [0.25, 0.3) is 5.69 Å². The summed E-state index contributed by atoms with van der Waals surface area (Å²) in [6, 6.07) is 3.25. The molecule has 1 atom stereocenters. The van der Waals surface area contributed by atoms with Crippen LogP contribution in [0.2, 0.25) is 0 Å². The number of hydrogen-bond acceptors (Lipinski definition) is 4. The third kappa shape index (κ3) is 3.91. The highest BCUT2D eigenvalue weighted by Crippen LogP contribution is 2.31. The largest absolute Gasteiger partial charge is 0.396 e. The summed E-state index contributed by atoms with van der Waals surface area (Å²) in [5.74, 6) is 0. The van der Waals surface area contributed by atoms with Crippen LogP contribution in [0.1, 0.15) is 25.8 Å². The van der Waals surface area contributed by atoms with E-state index >= 15 is 0 Å². The Balaban J connectivity index is 2.96. The highest BCUT2D eigenvalue weighted by atomic mass is 79.9. The van der Waals surface area contributed by atoms with Gasteiger partial charge in [0.15, 0.2) is 0 Å². The number of rotatable bonds is 6. The van der Waals surface area contributed by atoms with E-state index in [4.69, 9.17) is 0 Å². The molecule has 6 heteroatoms. The van der Waals surface area contributed by atoms with Gasteiger partial charge in [-0.25, -0.2) is 0 Å². The number of anilines is 1. The fourth-order valence-corrected chi connectivity index (χ4v) is 2.19. The molecule has 0 saturated heterocycles. The average molecular weight is 331 g/mol. The lowest BCUT2D eigenvalue weighted by Gasteiger charge is -2.26. The minimum atomic E-state index is -0.391. The number of nitrogens with zero attached hydrogens (tertiary/aromatic N) is 1. The van der Waals surface area contributed by atoms with Gasteiger partial charge in [-0.15, -0.1) is 0 Å². The molecular weight excluding hydrogens is 312 g/mol. The standard InChI is InChI=1S/C13H19BrN2O3/c1-4-13(3,8-17)7-15-11-6-12(16(18)19)9(2)5-10(11)14/h5-6,15,17H,4,7-8H2,1-3H3. The number of halogens is 1. The molecule has 0 fully saturated rings. The van der Waals surface area contributed by atoms with E-state index in [1.807, 2.05) is 13.8 Å². The fourth-order valence-electron chi connectivity index (χ4n) is 1.59. The first kappa shape index (κ1) is 15.9. The maximum Gasteiger partial charge on any atom is 0.274 e. The summed E-state index contributed by atoms with van der Waals surface area (Å²) in [6.07, 6.45) is 0.822. The number of aryl methyl sites for hydroxylation is 1. The van der Waals surface area contributed by atoms with E-state index in [0.29, 0.717) is 17.8 Å². The third-order valence-corrected chi connectivity index (χ3v) is 4.08. The van der Waals surface area contributed by atoms with Crippen molar-refractivity contribution in [2.24, 2.45) is 5.41 Å². The summed E-state index contributed by atoms with van der Waals surface area (Å²) in [7, 11) is 0.